The van der Waals surface area contributed by atoms with E-state index < -0.39 is 0 Å². The number of carbonyl (C=O) groups is 1. The molecule has 4 rings (SSSR count). The number of aromatic nitrogens is 5. The number of nitrogens with zero attached hydrogens (tertiary/aromatic N) is 5. The van der Waals surface area contributed by atoms with Crippen molar-refractivity contribution in [1.29, 1.82) is 0 Å². The van der Waals surface area contributed by atoms with Gasteiger partial charge in [0.2, 0.25) is 5.91 Å². The molecule has 7 nitrogen and oxygen atoms in total. The minimum atomic E-state index is -0.359. The zero-order valence-corrected chi connectivity index (χ0v) is 16.3. The van der Waals surface area contributed by atoms with E-state index >= 15 is 0 Å². The van der Waals surface area contributed by atoms with Gasteiger partial charge >= 0.3 is 0 Å². The maximum Gasteiger partial charge on any atom is 0.243 e. The summed E-state index contributed by atoms with van der Waals surface area (Å²) in [6, 6.07) is 7.61. The standard InChI is InChI=1S/C21H24N6O/c1-14(2)10-19-25-17-6-4-5-7-18(17)27(19)15(3)21(28)24-12-16-11-23-20-13-22-8-9-26(16)20/h4-9,11,13-15H,10,12H2,1-3H3,(H,24,28)/t15-/m1/s1. The number of rotatable bonds is 6. The van der Waals surface area contributed by atoms with Crippen LogP contribution in [-0.2, 0) is 17.8 Å². The SMILES string of the molecule is CC(C)Cc1nc2ccccc2n1[C@H](C)C(=O)NCc1cnc2cnccn12. The van der Waals surface area contributed by atoms with Crippen molar-refractivity contribution in [1.82, 2.24) is 29.2 Å². The van der Waals surface area contributed by atoms with E-state index in [0.717, 1.165) is 34.6 Å². The zero-order valence-electron chi connectivity index (χ0n) is 16.3. The topological polar surface area (TPSA) is 77.1 Å². The average molecular weight is 376 g/mol. The lowest BCUT2D eigenvalue weighted by Crippen LogP contribution is -2.31. The second-order valence-corrected chi connectivity index (χ2v) is 7.43. The van der Waals surface area contributed by atoms with E-state index in [1.165, 1.54) is 0 Å². The summed E-state index contributed by atoms with van der Waals surface area (Å²) in [6.07, 6.45) is 7.84. The van der Waals surface area contributed by atoms with Crippen molar-refractivity contribution in [3.63, 3.8) is 0 Å². The quantitative estimate of drug-likeness (QED) is 0.561. The van der Waals surface area contributed by atoms with Crippen LogP contribution in [0.1, 0.15) is 38.3 Å². The second kappa shape index (κ2) is 7.42. The molecule has 0 saturated carbocycles. The molecule has 1 atom stereocenters. The summed E-state index contributed by atoms with van der Waals surface area (Å²) < 4.78 is 3.98. The van der Waals surface area contributed by atoms with Gasteiger partial charge in [0.25, 0.3) is 0 Å². The highest BCUT2D eigenvalue weighted by Gasteiger charge is 2.22. The molecule has 28 heavy (non-hydrogen) atoms. The number of benzene rings is 1. The first-order valence-corrected chi connectivity index (χ1v) is 9.54. The second-order valence-electron chi connectivity index (χ2n) is 7.43. The van der Waals surface area contributed by atoms with Crippen LogP contribution >= 0.6 is 0 Å². The zero-order chi connectivity index (χ0) is 19.7. The fraction of sp³-hybridized carbons (Fsp3) is 0.333. The first-order chi connectivity index (χ1) is 13.5. The van der Waals surface area contributed by atoms with Crippen LogP contribution in [0.2, 0.25) is 0 Å². The van der Waals surface area contributed by atoms with Gasteiger partial charge in [-0.2, -0.15) is 0 Å². The summed E-state index contributed by atoms with van der Waals surface area (Å²) >= 11 is 0. The van der Waals surface area contributed by atoms with Crippen LogP contribution in [0.15, 0.2) is 49.1 Å². The predicted molar refractivity (Wildman–Crippen MR) is 108 cm³/mol. The largest absolute Gasteiger partial charge is 0.349 e. The lowest BCUT2D eigenvalue weighted by atomic mass is 10.1. The summed E-state index contributed by atoms with van der Waals surface area (Å²) in [5, 5.41) is 3.04. The van der Waals surface area contributed by atoms with Crippen molar-refractivity contribution in [3.8, 4) is 0 Å². The third kappa shape index (κ3) is 3.35. The lowest BCUT2D eigenvalue weighted by Gasteiger charge is -2.18. The van der Waals surface area contributed by atoms with E-state index in [1.54, 1.807) is 18.6 Å². The molecule has 1 N–H and O–H groups in total. The van der Waals surface area contributed by atoms with Gasteiger partial charge in [0.15, 0.2) is 5.65 Å². The van der Waals surface area contributed by atoms with Gasteiger partial charge in [-0.3, -0.25) is 14.2 Å². The smallest absolute Gasteiger partial charge is 0.243 e. The molecule has 0 bridgehead atoms. The minimum Gasteiger partial charge on any atom is -0.349 e. The predicted octanol–water partition coefficient (Wildman–Crippen LogP) is 3.15. The Morgan fingerprint density at radius 3 is 2.82 bits per heavy atom. The van der Waals surface area contributed by atoms with Crippen LogP contribution in [0.4, 0.5) is 0 Å². The highest BCUT2D eigenvalue weighted by molar-refractivity contribution is 5.84. The Morgan fingerprint density at radius 1 is 1.18 bits per heavy atom. The van der Waals surface area contributed by atoms with E-state index in [1.807, 2.05) is 41.8 Å². The Morgan fingerprint density at radius 2 is 2.00 bits per heavy atom. The Hall–Kier alpha value is -3.22. The van der Waals surface area contributed by atoms with Gasteiger partial charge in [-0.15, -0.1) is 0 Å². The molecule has 0 fully saturated rings. The van der Waals surface area contributed by atoms with Gasteiger partial charge in [-0.05, 0) is 25.0 Å². The molecule has 1 aromatic carbocycles. The average Bonchev–Trinajstić information content (AvgIpc) is 3.25. The van der Waals surface area contributed by atoms with E-state index in [9.17, 15) is 4.79 Å². The number of amides is 1. The van der Waals surface area contributed by atoms with Crippen LogP contribution in [0.3, 0.4) is 0 Å². The van der Waals surface area contributed by atoms with Crippen LogP contribution in [0, 0.1) is 5.92 Å². The van der Waals surface area contributed by atoms with Crippen molar-refractivity contribution in [3.05, 3.63) is 60.6 Å². The first kappa shape index (κ1) is 18.2. The number of nitrogens with one attached hydrogen (secondary N) is 1. The van der Waals surface area contributed by atoms with Crippen molar-refractivity contribution in [2.24, 2.45) is 5.92 Å². The number of imidazole rings is 2. The fourth-order valence-electron chi connectivity index (χ4n) is 3.50. The molecular formula is C21H24N6O. The highest BCUT2D eigenvalue weighted by Crippen LogP contribution is 2.23. The molecule has 0 aliphatic carbocycles. The Kier molecular flexibility index (Phi) is 4.81. The first-order valence-electron chi connectivity index (χ1n) is 9.54. The molecular weight excluding hydrogens is 352 g/mol. The van der Waals surface area contributed by atoms with Gasteiger partial charge in [0.1, 0.15) is 11.9 Å². The van der Waals surface area contributed by atoms with Gasteiger partial charge in [-0.25, -0.2) is 9.97 Å². The van der Waals surface area contributed by atoms with Crippen LogP contribution in [0.25, 0.3) is 16.7 Å². The molecule has 0 aliphatic rings. The van der Waals surface area contributed by atoms with Gasteiger partial charge in [-0.1, -0.05) is 26.0 Å². The third-order valence-corrected chi connectivity index (χ3v) is 4.86. The number of fused-ring (bicyclic) bond motifs is 2. The summed E-state index contributed by atoms with van der Waals surface area (Å²) in [4.78, 5) is 26.1. The van der Waals surface area contributed by atoms with E-state index in [0.29, 0.717) is 12.5 Å². The maximum absolute atomic E-state index is 13.0. The monoisotopic (exact) mass is 376 g/mol. The summed E-state index contributed by atoms with van der Waals surface area (Å²) in [5.41, 5.74) is 3.59. The molecule has 0 radical (unpaired) electrons. The van der Waals surface area contributed by atoms with Crippen molar-refractivity contribution in [2.45, 2.75) is 39.8 Å². The molecule has 7 heteroatoms. The molecule has 0 spiro atoms. The van der Waals surface area contributed by atoms with Gasteiger partial charge in [0.05, 0.1) is 35.7 Å². The number of carbonyl (C=O) groups excluding carboxylic acids is 1. The molecule has 3 aromatic heterocycles. The Labute approximate surface area is 163 Å². The summed E-state index contributed by atoms with van der Waals surface area (Å²) in [7, 11) is 0. The molecule has 1 amide bonds. The molecule has 0 saturated heterocycles. The summed E-state index contributed by atoms with van der Waals surface area (Å²) in [6.45, 7) is 6.65. The summed E-state index contributed by atoms with van der Waals surface area (Å²) in [5.74, 6) is 1.36. The third-order valence-electron chi connectivity index (χ3n) is 4.86. The Bertz CT molecular complexity index is 1130. The van der Waals surface area contributed by atoms with E-state index in [-0.39, 0.29) is 11.9 Å². The van der Waals surface area contributed by atoms with Crippen LogP contribution < -0.4 is 5.32 Å². The molecule has 0 unspecified atom stereocenters. The van der Waals surface area contributed by atoms with Crippen LogP contribution in [0.5, 0.6) is 0 Å². The van der Waals surface area contributed by atoms with E-state index in [4.69, 9.17) is 4.98 Å². The van der Waals surface area contributed by atoms with Crippen molar-refractivity contribution in [2.75, 3.05) is 0 Å². The fourth-order valence-corrected chi connectivity index (χ4v) is 3.50. The lowest BCUT2D eigenvalue weighted by molar-refractivity contribution is -0.124. The molecule has 3 heterocycles. The van der Waals surface area contributed by atoms with Crippen molar-refractivity contribution >= 4 is 22.6 Å². The van der Waals surface area contributed by atoms with E-state index in [2.05, 4.69) is 33.7 Å². The minimum absolute atomic E-state index is 0.0443. The van der Waals surface area contributed by atoms with Crippen molar-refractivity contribution < 1.29 is 4.79 Å². The number of para-hydroxylation sites is 2. The maximum atomic E-state index is 13.0. The molecule has 0 aliphatic heterocycles. The molecule has 4 aromatic rings. The number of hydrogen-bond donors (Lipinski definition) is 1. The van der Waals surface area contributed by atoms with Gasteiger partial charge < -0.3 is 9.88 Å². The normalized spacial score (nSPS) is 12.7. The van der Waals surface area contributed by atoms with Crippen LogP contribution in [-0.4, -0.2) is 29.8 Å². The Balaban J connectivity index is 1.58. The molecule has 144 valence electrons. The number of hydrogen-bond acceptors (Lipinski definition) is 4. The highest BCUT2D eigenvalue weighted by atomic mass is 16.2. The van der Waals surface area contributed by atoms with Gasteiger partial charge in [0, 0.05) is 18.8 Å².